The molecule has 86 valence electrons. The highest BCUT2D eigenvalue weighted by Crippen LogP contribution is 2.37. The largest absolute Gasteiger partial charge is 0.367 e. The van der Waals surface area contributed by atoms with E-state index in [1.165, 1.54) is 5.56 Å². The van der Waals surface area contributed by atoms with Gasteiger partial charge in [0.2, 0.25) is 0 Å². The molecule has 0 bridgehead atoms. The lowest BCUT2D eigenvalue weighted by Gasteiger charge is -2.24. The fraction of sp³-hybridized carbons (Fsp3) is 0.538. The molecule has 3 rings (SSSR count). The van der Waals surface area contributed by atoms with Crippen LogP contribution < -0.4 is 0 Å². The first-order chi connectivity index (χ1) is 7.83. The SMILES string of the molecule is C[C@H]1O[C@@H](OCc2ccccc2)C[C@H]2O[C@@H]12. The van der Waals surface area contributed by atoms with Crippen LogP contribution in [0.25, 0.3) is 0 Å². The zero-order valence-corrected chi connectivity index (χ0v) is 9.34. The van der Waals surface area contributed by atoms with E-state index in [0.29, 0.717) is 18.8 Å². The maximum atomic E-state index is 5.73. The van der Waals surface area contributed by atoms with Gasteiger partial charge in [0.25, 0.3) is 0 Å². The van der Waals surface area contributed by atoms with Crippen molar-refractivity contribution >= 4 is 0 Å². The van der Waals surface area contributed by atoms with Gasteiger partial charge in [-0.15, -0.1) is 0 Å². The average Bonchev–Trinajstić information content (AvgIpc) is 3.08. The Bertz CT molecular complexity index is 351. The van der Waals surface area contributed by atoms with Gasteiger partial charge in [0.15, 0.2) is 6.29 Å². The number of hydrogen-bond acceptors (Lipinski definition) is 3. The third kappa shape index (κ3) is 2.12. The van der Waals surface area contributed by atoms with Gasteiger partial charge in [-0.05, 0) is 12.5 Å². The maximum Gasteiger partial charge on any atom is 0.161 e. The lowest BCUT2D eigenvalue weighted by atomic mass is 10.1. The summed E-state index contributed by atoms with van der Waals surface area (Å²) in [4.78, 5) is 0. The van der Waals surface area contributed by atoms with Crippen LogP contribution in [0, 0.1) is 0 Å². The van der Waals surface area contributed by atoms with Gasteiger partial charge in [-0.1, -0.05) is 30.3 Å². The Hall–Kier alpha value is -0.900. The minimum Gasteiger partial charge on any atom is -0.367 e. The number of ether oxygens (including phenoxy) is 3. The summed E-state index contributed by atoms with van der Waals surface area (Å²) in [6, 6.07) is 10.2. The minimum atomic E-state index is -0.112. The molecular formula is C13H16O3. The van der Waals surface area contributed by atoms with Gasteiger partial charge in [0.1, 0.15) is 6.10 Å². The van der Waals surface area contributed by atoms with Gasteiger partial charge < -0.3 is 14.2 Å². The van der Waals surface area contributed by atoms with E-state index in [1.54, 1.807) is 0 Å². The Morgan fingerprint density at radius 2 is 2.06 bits per heavy atom. The molecule has 0 unspecified atom stereocenters. The molecule has 0 spiro atoms. The fourth-order valence-corrected chi connectivity index (χ4v) is 2.19. The smallest absolute Gasteiger partial charge is 0.161 e. The van der Waals surface area contributed by atoms with Gasteiger partial charge in [0, 0.05) is 6.42 Å². The standard InChI is InChI=1S/C13H16O3/c1-9-13-11(16-13)7-12(15-9)14-8-10-5-3-2-4-6-10/h2-6,9,11-13H,7-8H2,1H3/t9-,11-,12-,13+/m1/s1. The van der Waals surface area contributed by atoms with Crippen LogP contribution in [0.15, 0.2) is 30.3 Å². The summed E-state index contributed by atoms with van der Waals surface area (Å²) in [5.74, 6) is 0. The van der Waals surface area contributed by atoms with Gasteiger partial charge >= 0.3 is 0 Å². The van der Waals surface area contributed by atoms with Crippen LogP contribution in [0.3, 0.4) is 0 Å². The van der Waals surface area contributed by atoms with E-state index in [1.807, 2.05) is 25.1 Å². The Balaban J connectivity index is 1.52. The van der Waals surface area contributed by atoms with E-state index >= 15 is 0 Å². The van der Waals surface area contributed by atoms with Crippen molar-refractivity contribution in [2.75, 3.05) is 0 Å². The summed E-state index contributed by atoms with van der Waals surface area (Å²) in [6.07, 6.45) is 1.60. The molecule has 2 heterocycles. The summed E-state index contributed by atoms with van der Waals surface area (Å²) >= 11 is 0. The van der Waals surface area contributed by atoms with Crippen LogP contribution in [-0.2, 0) is 20.8 Å². The summed E-state index contributed by atoms with van der Waals surface area (Å²) < 4.78 is 16.9. The Morgan fingerprint density at radius 1 is 1.25 bits per heavy atom. The van der Waals surface area contributed by atoms with E-state index < -0.39 is 0 Å². The van der Waals surface area contributed by atoms with E-state index in [-0.39, 0.29) is 12.4 Å². The monoisotopic (exact) mass is 220 g/mol. The van der Waals surface area contributed by atoms with Crippen LogP contribution in [0.5, 0.6) is 0 Å². The molecule has 16 heavy (non-hydrogen) atoms. The fourth-order valence-electron chi connectivity index (χ4n) is 2.19. The minimum absolute atomic E-state index is 0.112. The lowest BCUT2D eigenvalue weighted by molar-refractivity contribution is -0.186. The highest BCUT2D eigenvalue weighted by atomic mass is 16.7. The third-order valence-corrected chi connectivity index (χ3v) is 3.15. The molecule has 0 N–H and O–H groups in total. The second-order valence-corrected chi connectivity index (χ2v) is 4.44. The lowest BCUT2D eigenvalue weighted by Crippen LogP contribution is -2.33. The third-order valence-electron chi connectivity index (χ3n) is 3.15. The van der Waals surface area contributed by atoms with E-state index in [0.717, 1.165) is 6.42 Å². The highest BCUT2D eigenvalue weighted by Gasteiger charge is 2.49. The number of rotatable bonds is 3. The van der Waals surface area contributed by atoms with Crippen molar-refractivity contribution in [2.24, 2.45) is 0 Å². The summed E-state index contributed by atoms with van der Waals surface area (Å²) in [7, 11) is 0. The molecule has 2 fully saturated rings. The van der Waals surface area contributed by atoms with Crippen LogP contribution in [0.2, 0.25) is 0 Å². The summed E-state index contributed by atoms with van der Waals surface area (Å²) in [5, 5.41) is 0. The number of fused-ring (bicyclic) bond motifs is 1. The Morgan fingerprint density at radius 3 is 2.81 bits per heavy atom. The van der Waals surface area contributed by atoms with Crippen molar-refractivity contribution in [3.63, 3.8) is 0 Å². The molecule has 2 saturated heterocycles. The summed E-state index contributed by atoms with van der Waals surface area (Å²) in [5.41, 5.74) is 1.18. The van der Waals surface area contributed by atoms with Crippen molar-refractivity contribution in [3.05, 3.63) is 35.9 Å². The topological polar surface area (TPSA) is 31.0 Å². The molecular weight excluding hydrogens is 204 g/mol. The second-order valence-electron chi connectivity index (χ2n) is 4.44. The van der Waals surface area contributed by atoms with E-state index in [9.17, 15) is 0 Å². The number of benzene rings is 1. The molecule has 0 aliphatic carbocycles. The first-order valence-corrected chi connectivity index (χ1v) is 5.79. The molecule has 0 amide bonds. The zero-order chi connectivity index (χ0) is 11.0. The molecule has 2 aliphatic rings. The zero-order valence-electron chi connectivity index (χ0n) is 9.34. The second kappa shape index (κ2) is 4.17. The average molecular weight is 220 g/mol. The summed E-state index contributed by atoms with van der Waals surface area (Å²) in [6.45, 7) is 2.65. The first-order valence-electron chi connectivity index (χ1n) is 5.79. The molecule has 3 heteroatoms. The molecule has 0 saturated carbocycles. The molecule has 1 aromatic carbocycles. The molecule has 3 nitrogen and oxygen atoms in total. The van der Waals surface area contributed by atoms with E-state index in [4.69, 9.17) is 14.2 Å². The van der Waals surface area contributed by atoms with Crippen LogP contribution in [-0.4, -0.2) is 24.6 Å². The molecule has 4 atom stereocenters. The van der Waals surface area contributed by atoms with Crippen LogP contribution in [0.1, 0.15) is 18.9 Å². The van der Waals surface area contributed by atoms with E-state index in [2.05, 4.69) is 12.1 Å². The van der Waals surface area contributed by atoms with Gasteiger partial charge in [-0.2, -0.15) is 0 Å². The van der Waals surface area contributed by atoms with Crippen molar-refractivity contribution < 1.29 is 14.2 Å². The normalized spacial score (nSPS) is 36.8. The van der Waals surface area contributed by atoms with Gasteiger partial charge in [0.05, 0.1) is 18.8 Å². The predicted octanol–water partition coefficient (Wildman–Crippen LogP) is 2.11. The predicted molar refractivity (Wildman–Crippen MR) is 58.8 cm³/mol. The quantitative estimate of drug-likeness (QED) is 0.731. The Kier molecular flexibility index (Phi) is 2.67. The van der Waals surface area contributed by atoms with Crippen molar-refractivity contribution in [2.45, 2.75) is 44.6 Å². The number of hydrogen-bond donors (Lipinski definition) is 0. The van der Waals surface area contributed by atoms with Crippen molar-refractivity contribution in [1.29, 1.82) is 0 Å². The van der Waals surface area contributed by atoms with Crippen molar-refractivity contribution in [1.82, 2.24) is 0 Å². The highest BCUT2D eigenvalue weighted by molar-refractivity contribution is 5.13. The Labute approximate surface area is 95.3 Å². The van der Waals surface area contributed by atoms with Crippen LogP contribution in [0.4, 0.5) is 0 Å². The van der Waals surface area contributed by atoms with Gasteiger partial charge in [-0.3, -0.25) is 0 Å². The number of epoxide rings is 1. The molecule has 0 radical (unpaired) electrons. The van der Waals surface area contributed by atoms with Crippen molar-refractivity contribution in [3.8, 4) is 0 Å². The maximum absolute atomic E-state index is 5.73. The van der Waals surface area contributed by atoms with Crippen LogP contribution >= 0.6 is 0 Å². The molecule has 1 aromatic rings. The first kappa shape index (κ1) is 10.3. The molecule has 2 aliphatic heterocycles. The van der Waals surface area contributed by atoms with Gasteiger partial charge in [-0.25, -0.2) is 0 Å². The molecule has 0 aromatic heterocycles.